The van der Waals surface area contributed by atoms with Gasteiger partial charge in [-0.05, 0) is 18.2 Å². The number of hydrogen-bond acceptors (Lipinski definition) is 4. The molecule has 20 heavy (non-hydrogen) atoms. The first-order valence-corrected chi connectivity index (χ1v) is 6.10. The van der Waals surface area contributed by atoms with Gasteiger partial charge in [0, 0.05) is 24.2 Å². The summed E-state index contributed by atoms with van der Waals surface area (Å²) < 4.78 is 13.2. The molecule has 0 aliphatic rings. The van der Waals surface area contributed by atoms with E-state index in [9.17, 15) is 4.39 Å². The van der Waals surface area contributed by atoms with E-state index >= 15 is 0 Å². The summed E-state index contributed by atoms with van der Waals surface area (Å²) in [5.41, 5.74) is 7.33. The average Bonchev–Trinajstić information content (AvgIpc) is 2.92. The first-order chi connectivity index (χ1) is 9.65. The van der Waals surface area contributed by atoms with Crippen molar-refractivity contribution in [3.05, 3.63) is 47.6 Å². The Bertz CT molecular complexity index is 757. The van der Waals surface area contributed by atoms with Gasteiger partial charge in [-0.3, -0.25) is 0 Å². The Balaban J connectivity index is 2.24. The van der Waals surface area contributed by atoms with Gasteiger partial charge in [0.25, 0.3) is 0 Å². The maximum Gasteiger partial charge on any atom is 0.220 e. The number of nitrogens with zero attached hydrogens (tertiary/aromatic N) is 3. The second-order valence-corrected chi connectivity index (χ2v) is 4.46. The normalized spacial score (nSPS) is 10.7. The standard InChI is InChI=1S/C13H9ClFN5/c14-10-5-7(15)1-2-8(10)11-9(6-19-13(16)20-11)12-17-3-4-18-12/h1-6H,(H,17,18)(H2,16,19,20). The highest BCUT2D eigenvalue weighted by Gasteiger charge is 2.15. The van der Waals surface area contributed by atoms with Crippen LogP contribution in [0.1, 0.15) is 0 Å². The summed E-state index contributed by atoms with van der Waals surface area (Å²) in [6, 6.07) is 4.08. The SMILES string of the molecule is Nc1ncc(-c2ncc[nH]2)c(-c2ccc(F)cc2Cl)n1. The van der Waals surface area contributed by atoms with E-state index in [1.807, 2.05) is 0 Å². The van der Waals surface area contributed by atoms with E-state index in [0.717, 1.165) is 0 Å². The summed E-state index contributed by atoms with van der Waals surface area (Å²) in [4.78, 5) is 15.3. The molecule has 2 aromatic heterocycles. The van der Waals surface area contributed by atoms with E-state index in [4.69, 9.17) is 17.3 Å². The fourth-order valence-electron chi connectivity index (χ4n) is 1.87. The van der Waals surface area contributed by atoms with Crippen LogP contribution in [0.25, 0.3) is 22.6 Å². The fourth-order valence-corrected chi connectivity index (χ4v) is 2.12. The molecule has 3 aromatic rings. The van der Waals surface area contributed by atoms with E-state index < -0.39 is 5.82 Å². The molecule has 3 N–H and O–H groups in total. The molecular weight excluding hydrogens is 281 g/mol. The van der Waals surface area contributed by atoms with Crippen LogP contribution < -0.4 is 5.73 Å². The smallest absolute Gasteiger partial charge is 0.220 e. The highest BCUT2D eigenvalue weighted by Crippen LogP contribution is 2.33. The number of H-pyrrole nitrogens is 1. The molecule has 0 aliphatic heterocycles. The van der Waals surface area contributed by atoms with Crippen LogP contribution in [-0.4, -0.2) is 19.9 Å². The minimum absolute atomic E-state index is 0.107. The van der Waals surface area contributed by atoms with Crippen LogP contribution in [0.4, 0.5) is 10.3 Å². The summed E-state index contributed by atoms with van der Waals surface area (Å²) in [7, 11) is 0. The molecule has 0 saturated heterocycles. The third-order valence-corrected chi connectivity index (χ3v) is 3.06. The van der Waals surface area contributed by atoms with Crippen molar-refractivity contribution in [1.29, 1.82) is 0 Å². The summed E-state index contributed by atoms with van der Waals surface area (Å²) in [6.07, 6.45) is 4.85. The van der Waals surface area contributed by atoms with Crippen molar-refractivity contribution >= 4 is 17.5 Å². The van der Waals surface area contributed by atoms with Crippen molar-refractivity contribution in [2.24, 2.45) is 0 Å². The number of imidazole rings is 1. The van der Waals surface area contributed by atoms with Crippen molar-refractivity contribution in [2.45, 2.75) is 0 Å². The maximum atomic E-state index is 13.2. The molecule has 2 heterocycles. The Labute approximate surface area is 118 Å². The van der Waals surface area contributed by atoms with Crippen molar-refractivity contribution in [2.75, 3.05) is 5.73 Å². The average molecular weight is 290 g/mol. The first kappa shape index (κ1) is 12.6. The Kier molecular flexibility index (Phi) is 3.08. The molecule has 0 fully saturated rings. The lowest BCUT2D eigenvalue weighted by atomic mass is 10.1. The van der Waals surface area contributed by atoms with Crippen LogP contribution in [0.3, 0.4) is 0 Å². The lowest BCUT2D eigenvalue weighted by Crippen LogP contribution is -1.99. The van der Waals surface area contributed by atoms with Gasteiger partial charge in [-0.1, -0.05) is 11.6 Å². The number of hydrogen-bond donors (Lipinski definition) is 2. The largest absolute Gasteiger partial charge is 0.368 e. The van der Waals surface area contributed by atoms with Crippen LogP contribution in [-0.2, 0) is 0 Å². The van der Waals surface area contributed by atoms with Gasteiger partial charge in [0.15, 0.2) is 0 Å². The lowest BCUT2D eigenvalue weighted by molar-refractivity contribution is 0.628. The highest BCUT2D eigenvalue weighted by atomic mass is 35.5. The number of nitrogens with two attached hydrogens (primary N) is 1. The molecule has 3 rings (SSSR count). The molecule has 0 aliphatic carbocycles. The maximum absolute atomic E-state index is 13.2. The summed E-state index contributed by atoms with van der Waals surface area (Å²) >= 11 is 6.08. The predicted molar refractivity (Wildman–Crippen MR) is 74.4 cm³/mol. The number of rotatable bonds is 2. The third-order valence-electron chi connectivity index (χ3n) is 2.75. The number of halogens is 2. The van der Waals surface area contributed by atoms with Gasteiger partial charge in [-0.15, -0.1) is 0 Å². The van der Waals surface area contributed by atoms with E-state index in [1.54, 1.807) is 24.7 Å². The van der Waals surface area contributed by atoms with Gasteiger partial charge < -0.3 is 10.7 Å². The second-order valence-electron chi connectivity index (χ2n) is 4.05. The van der Waals surface area contributed by atoms with Gasteiger partial charge in [0.2, 0.25) is 5.95 Å². The molecule has 7 heteroatoms. The Morgan fingerprint density at radius 3 is 2.75 bits per heavy atom. The van der Waals surface area contributed by atoms with Crippen LogP contribution in [0.15, 0.2) is 36.8 Å². The zero-order valence-electron chi connectivity index (χ0n) is 10.1. The van der Waals surface area contributed by atoms with E-state index in [-0.39, 0.29) is 11.0 Å². The minimum Gasteiger partial charge on any atom is -0.368 e. The molecule has 0 saturated carbocycles. The van der Waals surface area contributed by atoms with Crippen LogP contribution in [0.5, 0.6) is 0 Å². The number of nitrogen functional groups attached to an aromatic ring is 1. The van der Waals surface area contributed by atoms with Gasteiger partial charge >= 0.3 is 0 Å². The molecule has 0 amide bonds. The van der Waals surface area contributed by atoms with Crippen molar-refractivity contribution in [1.82, 2.24) is 19.9 Å². The van der Waals surface area contributed by atoms with Gasteiger partial charge in [0.05, 0.1) is 16.3 Å². The monoisotopic (exact) mass is 289 g/mol. The molecule has 5 nitrogen and oxygen atoms in total. The molecule has 0 radical (unpaired) electrons. The highest BCUT2D eigenvalue weighted by molar-refractivity contribution is 6.33. The summed E-state index contributed by atoms with van der Waals surface area (Å²) in [6.45, 7) is 0. The molecule has 1 aromatic carbocycles. The summed E-state index contributed by atoms with van der Waals surface area (Å²) in [5, 5.41) is 0.246. The molecule has 0 unspecified atom stereocenters. The Morgan fingerprint density at radius 2 is 2.05 bits per heavy atom. The van der Waals surface area contributed by atoms with E-state index in [1.165, 1.54) is 12.1 Å². The number of benzene rings is 1. The minimum atomic E-state index is -0.416. The van der Waals surface area contributed by atoms with Crippen LogP contribution in [0, 0.1) is 5.82 Å². The Morgan fingerprint density at radius 1 is 1.20 bits per heavy atom. The first-order valence-electron chi connectivity index (χ1n) is 5.73. The van der Waals surface area contributed by atoms with E-state index in [0.29, 0.717) is 22.6 Å². The molecule has 0 atom stereocenters. The zero-order valence-corrected chi connectivity index (χ0v) is 10.9. The number of anilines is 1. The zero-order chi connectivity index (χ0) is 14.1. The molecule has 100 valence electrons. The van der Waals surface area contributed by atoms with Crippen LogP contribution in [0.2, 0.25) is 5.02 Å². The van der Waals surface area contributed by atoms with Crippen molar-refractivity contribution in [3.8, 4) is 22.6 Å². The van der Waals surface area contributed by atoms with Gasteiger partial charge in [-0.25, -0.2) is 19.3 Å². The fraction of sp³-hybridized carbons (Fsp3) is 0. The van der Waals surface area contributed by atoms with E-state index in [2.05, 4.69) is 19.9 Å². The quantitative estimate of drug-likeness (QED) is 0.760. The van der Waals surface area contributed by atoms with Crippen molar-refractivity contribution in [3.63, 3.8) is 0 Å². The van der Waals surface area contributed by atoms with Crippen LogP contribution >= 0.6 is 11.6 Å². The number of aromatic amines is 1. The number of aromatic nitrogens is 4. The molecule has 0 bridgehead atoms. The van der Waals surface area contributed by atoms with Gasteiger partial charge in [0.1, 0.15) is 11.6 Å². The topological polar surface area (TPSA) is 80.5 Å². The predicted octanol–water partition coefficient (Wildman–Crippen LogP) is 2.91. The van der Waals surface area contributed by atoms with Gasteiger partial charge in [-0.2, -0.15) is 0 Å². The lowest BCUT2D eigenvalue weighted by Gasteiger charge is -2.09. The molecular formula is C13H9ClFN5. The Hall–Kier alpha value is -2.47. The molecule has 0 spiro atoms. The third kappa shape index (κ3) is 2.21. The second kappa shape index (κ2) is 4.90. The number of nitrogens with one attached hydrogen (secondary N) is 1. The van der Waals surface area contributed by atoms with Crippen molar-refractivity contribution < 1.29 is 4.39 Å². The summed E-state index contributed by atoms with van der Waals surface area (Å²) in [5.74, 6) is 0.274.